The largest absolute Gasteiger partial charge is 0.477 e. The molecule has 8 heteroatoms. The van der Waals surface area contributed by atoms with E-state index in [2.05, 4.69) is 5.73 Å². The molecule has 0 amide bonds. The molecule has 2 rings (SSSR count). The van der Waals surface area contributed by atoms with Crippen molar-refractivity contribution < 1.29 is 34.7 Å². The van der Waals surface area contributed by atoms with Crippen LogP contribution < -0.4 is 10.5 Å². The maximum Gasteiger partial charge on any atom is 0.366 e. The topological polar surface area (TPSA) is 118 Å². The molecule has 0 aliphatic rings. The smallest absolute Gasteiger partial charge is 0.366 e. The van der Waals surface area contributed by atoms with E-state index in [0.29, 0.717) is 21.9 Å². The van der Waals surface area contributed by atoms with Crippen molar-refractivity contribution in [2.75, 3.05) is 0 Å². The van der Waals surface area contributed by atoms with Crippen LogP contribution in [0.3, 0.4) is 0 Å². The molecule has 0 bridgehead atoms. The van der Waals surface area contributed by atoms with Gasteiger partial charge in [0.25, 0.3) is 0 Å². The Labute approximate surface area is 173 Å². The Morgan fingerprint density at radius 1 is 1.00 bits per heavy atom. The zero-order valence-corrected chi connectivity index (χ0v) is 17.1. The zero-order chi connectivity index (χ0) is 21.8. The van der Waals surface area contributed by atoms with Crippen molar-refractivity contribution in [3.63, 3.8) is 0 Å². The molecule has 0 spiro atoms. The van der Waals surface area contributed by atoms with Crippen molar-refractivity contribution in [3.8, 4) is 5.75 Å². The standard InChI is InChI=1S/C21H22ClNO6/c1-12(17(23)19(25)26)28-20(27)21(2,3)29-16-10-6-14(7-11-16)18(24)13-4-8-15(22)9-5-13/h4-12,17H,23H2,1-3H3,(H,25,26)/p+1/t12-,17+/m1/s1. The molecule has 154 valence electrons. The molecular weight excluding hydrogens is 398 g/mol. The maximum absolute atomic E-state index is 12.5. The second-order valence-corrected chi connectivity index (χ2v) is 7.46. The number of carbonyl (C=O) groups is 3. The van der Waals surface area contributed by atoms with Crippen molar-refractivity contribution in [1.82, 2.24) is 0 Å². The Morgan fingerprint density at radius 3 is 1.97 bits per heavy atom. The average molecular weight is 421 g/mol. The number of carboxylic acids is 1. The van der Waals surface area contributed by atoms with Gasteiger partial charge in [-0.2, -0.15) is 0 Å². The minimum Gasteiger partial charge on any atom is -0.477 e. The van der Waals surface area contributed by atoms with Crippen molar-refractivity contribution in [2.45, 2.75) is 38.5 Å². The number of ether oxygens (including phenoxy) is 2. The van der Waals surface area contributed by atoms with Crippen molar-refractivity contribution in [2.24, 2.45) is 0 Å². The van der Waals surface area contributed by atoms with E-state index in [4.69, 9.17) is 26.2 Å². The summed E-state index contributed by atoms with van der Waals surface area (Å²) < 4.78 is 10.9. The Kier molecular flexibility index (Phi) is 7.00. The van der Waals surface area contributed by atoms with E-state index in [0.717, 1.165) is 0 Å². The highest BCUT2D eigenvalue weighted by atomic mass is 35.5. The lowest BCUT2D eigenvalue weighted by Crippen LogP contribution is -2.70. The first-order chi connectivity index (χ1) is 13.5. The molecule has 0 aliphatic heterocycles. The van der Waals surface area contributed by atoms with Gasteiger partial charge in [0.2, 0.25) is 6.04 Å². The minimum absolute atomic E-state index is 0.170. The summed E-state index contributed by atoms with van der Waals surface area (Å²) in [7, 11) is 0. The van der Waals surface area contributed by atoms with Crippen LogP contribution in [0.25, 0.3) is 0 Å². The molecule has 0 radical (unpaired) electrons. The van der Waals surface area contributed by atoms with E-state index < -0.39 is 29.7 Å². The molecule has 7 nitrogen and oxygen atoms in total. The molecule has 2 aromatic carbocycles. The number of carbonyl (C=O) groups excluding carboxylic acids is 2. The van der Waals surface area contributed by atoms with E-state index in [-0.39, 0.29) is 5.78 Å². The molecule has 29 heavy (non-hydrogen) atoms. The number of ketones is 1. The number of hydrogen-bond acceptors (Lipinski definition) is 5. The monoisotopic (exact) mass is 420 g/mol. The van der Waals surface area contributed by atoms with Gasteiger partial charge in [0.1, 0.15) is 5.75 Å². The molecule has 0 heterocycles. The third-order valence-corrected chi connectivity index (χ3v) is 4.52. The van der Waals surface area contributed by atoms with Gasteiger partial charge in [0.05, 0.1) is 0 Å². The lowest BCUT2D eigenvalue weighted by molar-refractivity contribution is -0.423. The fourth-order valence-corrected chi connectivity index (χ4v) is 2.50. The van der Waals surface area contributed by atoms with Gasteiger partial charge in [0.15, 0.2) is 17.5 Å². The number of quaternary nitrogens is 1. The fraction of sp³-hybridized carbons (Fsp3) is 0.286. The quantitative estimate of drug-likeness (QED) is 0.500. The van der Waals surface area contributed by atoms with Crippen molar-refractivity contribution in [1.29, 1.82) is 0 Å². The van der Waals surface area contributed by atoms with Crippen LogP contribution in [0.1, 0.15) is 36.7 Å². The number of aliphatic carboxylic acids is 1. The predicted octanol–water partition coefficient (Wildman–Crippen LogP) is 2.36. The first-order valence-corrected chi connectivity index (χ1v) is 9.25. The zero-order valence-electron chi connectivity index (χ0n) is 16.3. The fourth-order valence-electron chi connectivity index (χ4n) is 2.37. The van der Waals surface area contributed by atoms with Crippen LogP contribution in [0.15, 0.2) is 48.5 Å². The van der Waals surface area contributed by atoms with Gasteiger partial charge in [-0.1, -0.05) is 11.6 Å². The van der Waals surface area contributed by atoms with Crippen molar-refractivity contribution in [3.05, 3.63) is 64.7 Å². The molecule has 2 atom stereocenters. The summed E-state index contributed by atoms with van der Waals surface area (Å²) in [6.07, 6.45) is -0.915. The summed E-state index contributed by atoms with van der Waals surface area (Å²) in [4.78, 5) is 35.8. The highest BCUT2D eigenvalue weighted by molar-refractivity contribution is 6.30. The van der Waals surface area contributed by atoms with E-state index in [1.807, 2.05) is 0 Å². The molecule has 0 saturated carbocycles. The second-order valence-electron chi connectivity index (χ2n) is 7.03. The number of rotatable bonds is 8. The number of carboxylic acid groups (broad SMARTS) is 1. The van der Waals surface area contributed by atoms with Crippen LogP contribution in [0.4, 0.5) is 0 Å². The lowest BCUT2D eigenvalue weighted by atomic mass is 10.0. The summed E-state index contributed by atoms with van der Waals surface area (Å²) in [6, 6.07) is 11.8. The summed E-state index contributed by atoms with van der Waals surface area (Å²) >= 11 is 5.84. The number of esters is 1. The molecular formula is C21H23ClNO6+. The maximum atomic E-state index is 12.5. The van der Waals surface area contributed by atoms with Gasteiger partial charge in [-0.05, 0) is 69.3 Å². The summed E-state index contributed by atoms with van der Waals surface area (Å²) in [6.45, 7) is 4.47. The molecule has 2 aromatic rings. The van der Waals surface area contributed by atoms with Crippen LogP contribution in [0.5, 0.6) is 5.75 Å². The van der Waals surface area contributed by atoms with E-state index in [1.54, 1.807) is 48.5 Å². The van der Waals surface area contributed by atoms with Crippen molar-refractivity contribution >= 4 is 29.3 Å². The normalized spacial score (nSPS) is 13.3. The summed E-state index contributed by atoms with van der Waals surface area (Å²) in [5, 5.41) is 9.49. The van der Waals surface area contributed by atoms with Crippen LogP contribution in [-0.4, -0.2) is 40.6 Å². The van der Waals surface area contributed by atoms with Gasteiger partial charge in [-0.15, -0.1) is 0 Å². The van der Waals surface area contributed by atoms with E-state index >= 15 is 0 Å². The van der Waals surface area contributed by atoms with Crippen LogP contribution in [0.2, 0.25) is 5.02 Å². The minimum atomic E-state index is -1.37. The highest BCUT2D eigenvalue weighted by Crippen LogP contribution is 2.22. The van der Waals surface area contributed by atoms with Crippen LogP contribution in [-0.2, 0) is 14.3 Å². The highest BCUT2D eigenvalue weighted by Gasteiger charge is 2.36. The summed E-state index contributed by atoms with van der Waals surface area (Å²) in [5.41, 5.74) is 3.04. The second kappa shape index (κ2) is 9.07. The molecule has 0 fully saturated rings. The third kappa shape index (κ3) is 5.79. The predicted molar refractivity (Wildman–Crippen MR) is 106 cm³/mol. The average Bonchev–Trinajstić information content (AvgIpc) is 2.67. The molecule has 4 N–H and O–H groups in total. The molecule has 0 aliphatic carbocycles. The van der Waals surface area contributed by atoms with Gasteiger partial charge in [0, 0.05) is 16.1 Å². The molecule has 0 unspecified atom stereocenters. The van der Waals surface area contributed by atoms with Crippen LogP contribution in [0, 0.1) is 0 Å². The first-order valence-electron chi connectivity index (χ1n) is 8.87. The van der Waals surface area contributed by atoms with Gasteiger partial charge >= 0.3 is 11.9 Å². The lowest BCUT2D eigenvalue weighted by Gasteiger charge is -2.26. The molecule has 0 aromatic heterocycles. The number of halogens is 1. The van der Waals surface area contributed by atoms with Crippen LogP contribution >= 0.6 is 11.6 Å². The Hall–Kier alpha value is -2.90. The third-order valence-electron chi connectivity index (χ3n) is 4.26. The van der Waals surface area contributed by atoms with Gasteiger partial charge in [-0.25, -0.2) is 9.59 Å². The van der Waals surface area contributed by atoms with E-state index in [1.165, 1.54) is 20.8 Å². The van der Waals surface area contributed by atoms with Gasteiger partial charge in [-0.3, -0.25) is 4.79 Å². The Morgan fingerprint density at radius 2 is 1.48 bits per heavy atom. The Bertz CT molecular complexity index is 892. The SMILES string of the molecule is C[C@@H](OC(=O)C(C)(C)Oc1ccc(C(=O)c2ccc(Cl)cc2)cc1)[C@H]([NH3+])C(=O)O. The Balaban J connectivity index is 2.05. The van der Waals surface area contributed by atoms with E-state index in [9.17, 15) is 14.4 Å². The summed E-state index contributed by atoms with van der Waals surface area (Å²) in [5.74, 6) is -1.70. The molecule has 0 saturated heterocycles. The number of hydrogen-bond donors (Lipinski definition) is 2. The van der Waals surface area contributed by atoms with Gasteiger partial charge < -0.3 is 20.3 Å². The number of benzene rings is 2. The first kappa shape index (κ1) is 22.4.